The van der Waals surface area contributed by atoms with E-state index in [-0.39, 0.29) is 29.9 Å². The van der Waals surface area contributed by atoms with E-state index in [4.69, 9.17) is 5.73 Å². The van der Waals surface area contributed by atoms with E-state index < -0.39 is 21.7 Å². The maximum Gasteiger partial charge on any atom is 0.243 e. The summed E-state index contributed by atoms with van der Waals surface area (Å²) in [5.41, 5.74) is 5.57. The zero-order chi connectivity index (χ0) is 14.0. The molecule has 0 aromatic heterocycles. The highest BCUT2D eigenvalue weighted by Gasteiger charge is 2.33. The quantitative estimate of drug-likeness (QED) is 0.922. The highest BCUT2D eigenvalue weighted by molar-refractivity contribution is 7.89. The molecule has 2 rings (SSSR count). The lowest BCUT2D eigenvalue weighted by molar-refractivity contribution is 0.257. The highest BCUT2D eigenvalue weighted by Crippen LogP contribution is 2.25. The average molecular weight is 327 g/mol. The van der Waals surface area contributed by atoms with E-state index in [1.165, 1.54) is 4.31 Å². The van der Waals surface area contributed by atoms with Crippen molar-refractivity contribution in [3.05, 3.63) is 29.8 Å². The Morgan fingerprint density at radius 1 is 1.20 bits per heavy atom. The van der Waals surface area contributed by atoms with Crippen molar-refractivity contribution in [3.8, 4) is 0 Å². The summed E-state index contributed by atoms with van der Waals surface area (Å²) in [7, 11) is -3.89. The second-order valence-corrected chi connectivity index (χ2v) is 6.50. The molecule has 20 heavy (non-hydrogen) atoms. The molecule has 0 saturated carbocycles. The molecule has 1 atom stereocenters. The molecule has 1 fully saturated rings. The van der Waals surface area contributed by atoms with Gasteiger partial charge in [-0.25, -0.2) is 17.2 Å². The van der Waals surface area contributed by atoms with E-state index in [0.717, 1.165) is 25.0 Å². The van der Waals surface area contributed by atoms with Crippen molar-refractivity contribution in [1.29, 1.82) is 0 Å². The Kier molecular flexibility index (Phi) is 5.88. The van der Waals surface area contributed by atoms with Crippen molar-refractivity contribution in [2.45, 2.75) is 30.2 Å². The fourth-order valence-corrected chi connectivity index (χ4v) is 4.09. The Labute approximate surface area is 123 Å². The lowest BCUT2D eigenvalue weighted by Crippen LogP contribution is -2.47. The van der Waals surface area contributed by atoms with E-state index in [9.17, 15) is 17.2 Å². The fourth-order valence-electron chi connectivity index (χ4n) is 2.34. The van der Waals surface area contributed by atoms with Crippen molar-refractivity contribution in [2.75, 3.05) is 13.1 Å². The third kappa shape index (κ3) is 3.46. The van der Waals surface area contributed by atoms with Gasteiger partial charge in [-0.1, -0.05) is 6.42 Å². The molecule has 4 nitrogen and oxygen atoms in total. The SMILES string of the molecule is Cl.NCC1CCCCN1S(=O)(=O)c1cc(F)cc(F)c1. The first-order valence-electron chi connectivity index (χ1n) is 6.13. The van der Waals surface area contributed by atoms with Gasteiger partial charge < -0.3 is 5.73 Å². The first kappa shape index (κ1) is 17.3. The molecule has 1 aliphatic heterocycles. The summed E-state index contributed by atoms with van der Waals surface area (Å²) in [6.07, 6.45) is 2.31. The van der Waals surface area contributed by atoms with E-state index in [1.54, 1.807) is 0 Å². The minimum atomic E-state index is -3.89. The van der Waals surface area contributed by atoms with E-state index in [1.807, 2.05) is 0 Å². The molecule has 2 N–H and O–H groups in total. The summed E-state index contributed by atoms with van der Waals surface area (Å²) in [5, 5.41) is 0. The Morgan fingerprint density at radius 2 is 1.80 bits per heavy atom. The summed E-state index contributed by atoms with van der Waals surface area (Å²) < 4.78 is 52.4. The van der Waals surface area contributed by atoms with Crippen molar-refractivity contribution in [3.63, 3.8) is 0 Å². The number of benzene rings is 1. The molecule has 0 amide bonds. The molecule has 0 bridgehead atoms. The molecule has 1 aromatic rings. The van der Waals surface area contributed by atoms with Crippen LogP contribution in [0.25, 0.3) is 0 Å². The van der Waals surface area contributed by atoms with Crippen LogP contribution in [0.4, 0.5) is 8.78 Å². The number of hydrogen-bond acceptors (Lipinski definition) is 3. The zero-order valence-corrected chi connectivity index (χ0v) is 12.4. The summed E-state index contributed by atoms with van der Waals surface area (Å²) >= 11 is 0. The molecule has 1 saturated heterocycles. The van der Waals surface area contributed by atoms with Gasteiger partial charge in [-0.05, 0) is 25.0 Å². The number of nitrogens with zero attached hydrogens (tertiary/aromatic N) is 1. The van der Waals surface area contributed by atoms with Crippen LogP contribution in [-0.4, -0.2) is 31.9 Å². The average Bonchev–Trinajstić information content (AvgIpc) is 2.37. The van der Waals surface area contributed by atoms with Crippen molar-refractivity contribution < 1.29 is 17.2 Å². The molecular formula is C12H17ClF2N2O2S. The maximum absolute atomic E-state index is 13.2. The lowest BCUT2D eigenvalue weighted by Gasteiger charge is -2.33. The predicted octanol–water partition coefficient (Wildman–Crippen LogP) is 1.89. The summed E-state index contributed by atoms with van der Waals surface area (Å²) in [6, 6.07) is 2.02. The number of rotatable bonds is 3. The van der Waals surface area contributed by atoms with E-state index >= 15 is 0 Å². The van der Waals surface area contributed by atoms with Gasteiger partial charge in [0.05, 0.1) is 4.90 Å². The van der Waals surface area contributed by atoms with Gasteiger partial charge >= 0.3 is 0 Å². The van der Waals surface area contributed by atoms with Gasteiger partial charge in [0.15, 0.2) is 0 Å². The summed E-state index contributed by atoms with van der Waals surface area (Å²) in [5.74, 6) is -1.81. The Bertz CT molecular complexity index is 548. The predicted molar refractivity (Wildman–Crippen MR) is 74.2 cm³/mol. The lowest BCUT2D eigenvalue weighted by atomic mass is 10.1. The van der Waals surface area contributed by atoms with Gasteiger partial charge in [0.2, 0.25) is 10.0 Å². The first-order valence-corrected chi connectivity index (χ1v) is 7.57. The maximum atomic E-state index is 13.2. The number of hydrogen-bond donors (Lipinski definition) is 1. The number of sulfonamides is 1. The van der Waals surface area contributed by atoms with Crippen LogP contribution in [0.1, 0.15) is 19.3 Å². The van der Waals surface area contributed by atoms with Gasteiger partial charge in [0.1, 0.15) is 11.6 Å². The topological polar surface area (TPSA) is 63.4 Å². The smallest absolute Gasteiger partial charge is 0.243 e. The molecule has 1 unspecified atom stereocenters. The fraction of sp³-hybridized carbons (Fsp3) is 0.500. The summed E-state index contributed by atoms with van der Waals surface area (Å²) in [4.78, 5) is -0.356. The minimum absolute atomic E-state index is 0. The molecule has 1 aliphatic rings. The van der Waals surface area contributed by atoms with Gasteiger partial charge in [-0.15, -0.1) is 12.4 Å². The van der Waals surface area contributed by atoms with Crippen molar-refractivity contribution >= 4 is 22.4 Å². The Morgan fingerprint density at radius 3 is 2.35 bits per heavy atom. The molecule has 1 heterocycles. The summed E-state index contributed by atoms with van der Waals surface area (Å²) in [6.45, 7) is 0.541. The minimum Gasteiger partial charge on any atom is -0.329 e. The number of halogens is 3. The van der Waals surface area contributed by atoms with E-state index in [0.29, 0.717) is 19.0 Å². The van der Waals surface area contributed by atoms with Crippen molar-refractivity contribution in [2.24, 2.45) is 5.73 Å². The molecule has 8 heteroatoms. The van der Waals surface area contributed by atoms with Gasteiger partial charge in [-0.2, -0.15) is 4.31 Å². The van der Waals surface area contributed by atoms with Crippen LogP contribution >= 0.6 is 12.4 Å². The molecule has 114 valence electrons. The van der Waals surface area contributed by atoms with Crippen molar-refractivity contribution in [1.82, 2.24) is 4.31 Å². The van der Waals surface area contributed by atoms with Crippen LogP contribution < -0.4 is 5.73 Å². The molecule has 0 spiro atoms. The van der Waals surface area contributed by atoms with Gasteiger partial charge in [-0.3, -0.25) is 0 Å². The monoisotopic (exact) mass is 326 g/mol. The highest BCUT2D eigenvalue weighted by atomic mass is 35.5. The number of nitrogens with two attached hydrogens (primary N) is 1. The second kappa shape index (κ2) is 6.80. The van der Waals surface area contributed by atoms with Gasteiger partial charge in [0.25, 0.3) is 0 Å². The van der Waals surface area contributed by atoms with Crippen LogP contribution in [-0.2, 0) is 10.0 Å². The van der Waals surface area contributed by atoms with Gasteiger partial charge in [0, 0.05) is 25.2 Å². The third-order valence-corrected chi connectivity index (χ3v) is 5.22. The van der Waals surface area contributed by atoms with E-state index in [2.05, 4.69) is 0 Å². The molecular weight excluding hydrogens is 310 g/mol. The molecule has 0 aliphatic carbocycles. The first-order chi connectivity index (χ1) is 8.95. The third-order valence-electron chi connectivity index (χ3n) is 3.29. The normalized spacial score (nSPS) is 20.4. The second-order valence-electron chi connectivity index (χ2n) is 4.61. The van der Waals surface area contributed by atoms with Crippen LogP contribution in [0.5, 0.6) is 0 Å². The van der Waals surface area contributed by atoms with Crippen LogP contribution in [0.3, 0.4) is 0 Å². The van der Waals surface area contributed by atoms with Crippen LogP contribution in [0.2, 0.25) is 0 Å². The molecule has 1 aromatic carbocycles. The Hall–Kier alpha value is -0.760. The Balaban J connectivity index is 0.00000200. The van der Waals surface area contributed by atoms with Crippen LogP contribution in [0, 0.1) is 11.6 Å². The zero-order valence-electron chi connectivity index (χ0n) is 10.8. The molecule has 0 radical (unpaired) electrons. The number of piperidine rings is 1. The standard InChI is InChI=1S/C12H16F2N2O2S.ClH/c13-9-5-10(14)7-12(6-9)19(17,18)16-4-2-1-3-11(16)8-15;/h5-7,11H,1-4,8,15H2;1H. The van der Waals surface area contributed by atoms with Crippen LogP contribution in [0.15, 0.2) is 23.1 Å². The largest absolute Gasteiger partial charge is 0.329 e.